The van der Waals surface area contributed by atoms with E-state index in [1.165, 1.54) is 16.9 Å². The largest absolute Gasteiger partial charge is 0.469 e. The molecular formula is C47H46N6O7. The van der Waals surface area contributed by atoms with Gasteiger partial charge in [0.25, 0.3) is 11.8 Å². The zero-order chi connectivity index (χ0) is 43.0. The molecule has 0 saturated carbocycles. The summed E-state index contributed by atoms with van der Waals surface area (Å²) in [5, 5.41) is 10.6. The second kappa shape index (κ2) is 16.3. The second-order valence-corrected chi connectivity index (χ2v) is 15.7. The Morgan fingerprint density at radius 3 is 1.37 bits per heavy atom. The van der Waals surface area contributed by atoms with Gasteiger partial charge in [-0.05, 0) is 88.4 Å². The first kappa shape index (κ1) is 41.2. The van der Waals surface area contributed by atoms with Crippen LogP contribution in [0.4, 0.5) is 0 Å². The average molecular weight is 807 g/mol. The molecule has 0 bridgehead atoms. The summed E-state index contributed by atoms with van der Waals surface area (Å²) in [6, 6.07) is 29.5. The Hall–Kier alpha value is -6.99. The molecule has 13 heteroatoms. The van der Waals surface area contributed by atoms with Crippen molar-refractivity contribution in [3.05, 3.63) is 142 Å². The van der Waals surface area contributed by atoms with Crippen LogP contribution in [-0.2, 0) is 9.53 Å². The molecule has 13 nitrogen and oxygen atoms in total. The van der Waals surface area contributed by atoms with Gasteiger partial charge in [-0.3, -0.25) is 14.4 Å². The van der Waals surface area contributed by atoms with Crippen LogP contribution in [0.3, 0.4) is 0 Å². The number of hydrogen-bond acceptors (Lipinski definition) is 11. The molecule has 60 heavy (non-hydrogen) atoms. The third-order valence-corrected chi connectivity index (χ3v) is 10.5. The van der Waals surface area contributed by atoms with Crippen LogP contribution in [0, 0.1) is 19.3 Å². The molecule has 2 amide bonds. The summed E-state index contributed by atoms with van der Waals surface area (Å²) in [6.07, 6.45) is -0.821. The van der Waals surface area contributed by atoms with Crippen LogP contribution in [-0.4, -0.2) is 87.9 Å². The van der Waals surface area contributed by atoms with Gasteiger partial charge in [0.05, 0.1) is 23.9 Å². The molecule has 6 aromatic rings. The molecule has 0 aliphatic carbocycles. The Balaban J connectivity index is 0.000000185. The number of amides is 2. The minimum atomic E-state index is -0.865. The normalized spacial score (nSPS) is 14.6. The Kier molecular flexibility index (Phi) is 11.2. The van der Waals surface area contributed by atoms with Crippen LogP contribution in [0.2, 0.25) is 0 Å². The zero-order valence-electron chi connectivity index (χ0n) is 35.0. The van der Waals surface area contributed by atoms with Crippen molar-refractivity contribution < 1.29 is 33.7 Å². The number of esters is 1. The number of rotatable bonds is 6. The van der Waals surface area contributed by atoms with E-state index in [1.807, 2.05) is 100 Å². The number of ether oxygens (including phenoxy) is 3. The SMILES string of the molecule is COC(=O)C(C)(C)C1c2ccc(C)nc2Oc2nc(-c3ccc(C(=O)N(C)C)cc3)ccc21.Cc1ccc2c(n1)Oc1nc(-c3ccc(C(=O)N(C)C)cc3)ccc1C2O. The third kappa shape index (κ3) is 7.91. The Bertz CT molecular complexity index is 2620. The van der Waals surface area contributed by atoms with Crippen molar-refractivity contribution in [2.24, 2.45) is 5.41 Å². The summed E-state index contributed by atoms with van der Waals surface area (Å²) in [4.78, 5) is 58.2. The number of benzene rings is 2. The molecule has 6 heterocycles. The maximum atomic E-state index is 12.7. The smallest absolute Gasteiger partial charge is 0.312 e. The predicted octanol–water partition coefficient (Wildman–Crippen LogP) is 7.93. The average Bonchev–Trinajstić information content (AvgIpc) is 3.24. The van der Waals surface area contributed by atoms with Gasteiger partial charge in [-0.25, -0.2) is 19.9 Å². The molecule has 2 aromatic carbocycles. The molecule has 2 aliphatic heterocycles. The lowest BCUT2D eigenvalue weighted by molar-refractivity contribution is -0.151. The highest BCUT2D eigenvalue weighted by Crippen LogP contribution is 2.51. The first-order valence-electron chi connectivity index (χ1n) is 19.3. The number of hydrogen-bond donors (Lipinski definition) is 1. The first-order valence-corrected chi connectivity index (χ1v) is 19.3. The van der Waals surface area contributed by atoms with Crippen LogP contribution in [0.1, 0.15) is 80.2 Å². The van der Waals surface area contributed by atoms with E-state index in [4.69, 9.17) is 19.2 Å². The van der Waals surface area contributed by atoms with Crippen LogP contribution in [0.5, 0.6) is 23.5 Å². The van der Waals surface area contributed by atoms with Gasteiger partial charge >= 0.3 is 5.97 Å². The number of nitrogens with zero attached hydrogens (tertiary/aromatic N) is 6. The molecule has 0 radical (unpaired) electrons. The van der Waals surface area contributed by atoms with Crippen LogP contribution < -0.4 is 9.47 Å². The Morgan fingerprint density at radius 2 is 0.933 bits per heavy atom. The molecule has 0 spiro atoms. The second-order valence-electron chi connectivity index (χ2n) is 15.7. The summed E-state index contributed by atoms with van der Waals surface area (Å²) >= 11 is 0. The molecular weight excluding hydrogens is 761 g/mol. The van der Waals surface area contributed by atoms with E-state index in [0.29, 0.717) is 57.2 Å². The monoisotopic (exact) mass is 806 g/mol. The van der Waals surface area contributed by atoms with Crippen molar-refractivity contribution in [1.82, 2.24) is 29.7 Å². The summed E-state index contributed by atoms with van der Waals surface area (Å²) in [6.45, 7) is 7.47. The number of aryl methyl sites for hydroxylation is 2. The summed E-state index contributed by atoms with van der Waals surface area (Å²) in [5.41, 5.74) is 7.93. The maximum absolute atomic E-state index is 12.7. The topological polar surface area (TPSA) is 157 Å². The van der Waals surface area contributed by atoms with Gasteiger partial charge in [-0.2, -0.15) is 0 Å². The van der Waals surface area contributed by atoms with Crippen molar-refractivity contribution >= 4 is 17.8 Å². The quantitative estimate of drug-likeness (QED) is 0.163. The minimum absolute atomic E-state index is 0.0514. The minimum Gasteiger partial charge on any atom is -0.469 e. The van der Waals surface area contributed by atoms with Crippen molar-refractivity contribution in [2.75, 3.05) is 35.3 Å². The number of carbonyl (C=O) groups excluding carboxylic acids is 3. The third-order valence-electron chi connectivity index (χ3n) is 10.5. The van der Waals surface area contributed by atoms with Crippen molar-refractivity contribution in [3.8, 4) is 46.0 Å². The van der Waals surface area contributed by atoms with Gasteiger partial charge in [0.1, 0.15) is 6.10 Å². The number of aromatic nitrogens is 4. The lowest BCUT2D eigenvalue weighted by Crippen LogP contribution is -2.35. The van der Waals surface area contributed by atoms with E-state index in [9.17, 15) is 19.5 Å². The van der Waals surface area contributed by atoms with Crippen molar-refractivity contribution in [3.63, 3.8) is 0 Å². The summed E-state index contributed by atoms with van der Waals surface area (Å²) in [7, 11) is 8.27. The molecule has 4 aromatic heterocycles. The fourth-order valence-electron chi connectivity index (χ4n) is 7.25. The molecule has 2 atom stereocenters. The Morgan fingerprint density at radius 1 is 0.567 bits per heavy atom. The summed E-state index contributed by atoms with van der Waals surface area (Å²) < 4.78 is 17.1. The highest BCUT2D eigenvalue weighted by atomic mass is 16.5. The number of aliphatic hydroxyl groups is 1. The van der Waals surface area contributed by atoms with Crippen LogP contribution in [0.25, 0.3) is 22.5 Å². The van der Waals surface area contributed by atoms with Gasteiger partial charge in [0.15, 0.2) is 0 Å². The van der Waals surface area contributed by atoms with Crippen molar-refractivity contribution in [2.45, 2.75) is 39.7 Å². The zero-order valence-corrected chi connectivity index (χ0v) is 35.0. The van der Waals surface area contributed by atoms with E-state index in [2.05, 4.69) is 15.0 Å². The molecule has 0 fully saturated rings. The summed E-state index contributed by atoms with van der Waals surface area (Å²) in [5.74, 6) is 0.814. The molecule has 8 rings (SSSR count). The number of aliphatic hydroxyl groups excluding tert-OH is 1. The number of fused-ring (bicyclic) bond motifs is 4. The lowest BCUT2D eigenvalue weighted by Gasteiger charge is -2.36. The van der Waals surface area contributed by atoms with Gasteiger partial charge in [-0.15, -0.1) is 0 Å². The standard InChI is InChI=1S/C26H27N3O4.C21H19N3O3/c1-15-7-12-18-21(26(2,3)25(31)32-6)19-13-14-20(28-23(19)33-22(18)27-15)16-8-10-17(11-9-16)24(30)29(4)5;1-12-4-9-15-18(25)16-10-11-17(23-20(16)27-19(15)22-12)13-5-7-14(8-6-13)21(26)24(2)3/h7-14,21H,1-6H3;4-11,18,25H,1-3H3. The first-order chi connectivity index (χ1) is 28.6. The Labute approximate surface area is 348 Å². The van der Waals surface area contributed by atoms with Gasteiger partial charge in [-0.1, -0.05) is 36.4 Å². The molecule has 306 valence electrons. The fourth-order valence-corrected chi connectivity index (χ4v) is 7.25. The van der Waals surface area contributed by atoms with E-state index < -0.39 is 11.5 Å². The number of methoxy groups -OCH3 is 1. The van der Waals surface area contributed by atoms with E-state index in [1.54, 1.807) is 52.5 Å². The maximum Gasteiger partial charge on any atom is 0.312 e. The molecule has 1 N–H and O–H groups in total. The molecule has 2 aliphatic rings. The highest BCUT2D eigenvalue weighted by molar-refractivity contribution is 5.95. The van der Waals surface area contributed by atoms with Gasteiger partial charge in [0, 0.05) is 90.0 Å². The van der Waals surface area contributed by atoms with Crippen LogP contribution >= 0.6 is 0 Å². The van der Waals surface area contributed by atoms with E-state index in [0.717, 1.165) is 33.6 Å². The molecule has 2 unspecified atom stereocenters. The van der Waals surface area contributed by atoms with Crippen LogP contribution in [0.15, 0.2) is 97.1 Å². The number of pyridine rings is 4. The predicted molar refractivity (Wildman–Crippen MR) is 225 cm³/mol. The van der Waals surface area contributed by atoms with E-state index in [-0.39, 0.29) is 23.7 Å². The van der Waals surface area contributed by atoms with Gasteiger partial charge < -0.3 is 29.1 Å². The van der Waals surface area contributed by atoms with Gasteiger partial charge in [0.2, 0.25) is 23.5 Å². The molecule has 0 saturated heterocycles. The van der Waals surface area contributed by atoms with E-state index >= 15 is 0 Å². The van der Waals surface area contributed by atoms with Crippen molar-refractivity contribution in [1.29, 1.82) is 0 Å². The highest BCUT2D eigenvalue weighted by Gasteiger charge is 2.45. The lowest BCUT2D eigenvalue weighted by atomic mass is 9.70. The number of carbonyl (C=O) groups is 3. The fraction of sp³-hybridized carbons (Fsp3) is 0.255.